The van der Waals surface area contributed by atoms with Gasteiger partial charge in [0, 0.05) is 30.5 Å². The first-order valence-corrected chi connectivity index (χ1v) is 7.83. The molecule has 6 nitrogen and oxygen atoms in total. The molecule has 0 aromatic heterocycles. The molecule has 0 aliphatic carbocycles. The number of nitrogens with zero attached hydrogens (tertiary/aromatic N) is 2. The lowest BCUT2D eigenvalue weighted by Crippen LogP contribution is -2.43. The van der Waals surface area contributed by atoms with Gasteiger partial charge in [-0.2, -0.15) is 8.42 Å². The first-order chi connectivity index (χ1) is 9.49. The van der Waals surface area contributed by atoms with E-state index < -0.39 is 21.9 Å². The Morgan fingerprint density at radius 3 is 2.55 bits per heavy atom. The molecular formula is C13H13N2O4S-. The highest BCUT2D eigenvalue weighted by Crippen LogP contribution is 2.29. The molecule has 1 saturated heterocycles. The third-order valence-corrected chi connectivity index (χ3v) is 5.07. The fourth-order valence-corrected chi connectivity index (χ4v) is 3.87. The Hall–Kier alpha value is -1.89. The van der Waals surface area contributed by atoms with Gasteiger partial charge in [0.05, 0.1) is 0 Å². The van der Waals surface area contributed by atoms with Crippen molar-refractivity contribution in [2.45, 2.75) is 17.7 Å². The summed E-state index contributed by atoms with van der Waals surface area (Å²) in [6.07, 6.45) is 0.896. The van der Waals surface area contributed by atoms with Crippen LogP contribution in [-0.4, -0.2) is 38.2 Å². The highest BCUT2D eigenvalue weighted by molar-refractivity contribution is 7.90. The first-order valence-electron chi connectivity index (χ1n) is 6.39. The Bertz CT molecular complexity index is 688. The average molecular weight is 293 g/mol. The molecule has 1 fully saturated rings. The molecule has 0 N–H and O–H groups in total. The predicted molar refractivity (Wildman–Crippen MR) is 69.5 cm³/mol. The third-order valence-electron chi connectivity index (χ3n) is 3.74. The van der Waals surface area contributed by atoms with Gasteiger partial charge in [-0.1, -0.05) is 12.1 Å². The molecule has 0 atom stereocenters. The maximum atomic E-state index is 12.0. The van der Waals surface area contributed by atoms with Crippen molar-refractivity contribution in [1.29, 1.82) is 0 Å². The minimum Gasteiger partial charge on any atom is -0.550 e. The van der Waals surface area contributed by atoms with Crippen LogP contribution in [0.2, 0.25) is 0 Å². The molecule has 7 heteroatoms. The summed E-state index contributed by atoms with van der Waals surface area (Å²) < 4.78 is 27.8. The number of aliphatic carboxylic acids is 1. The van der Waals surface area contributed by atoms with E-state index in [1.807, 2.05) is 4.90 Å². The lowest BCUT2D eigenvalue weighted by atomic mass is 9.96. The van der Waals surface area contributed by atoms with Crippen LogP contribution < -0.4 is 5.11 Å². The largest absolute Gasteiger partial charge is 0.550 e. The van der Waals surface area contributed by atoms with E-state index in [2.05, 4.69) is 4.40 Å². The minimum absolute atomic E-state index is 0.219. The smallest absolute Gasteiger partial charge is 0.285 e. The van der Waals surface area contributed by atoms with E-state index in [1.54, 1.807) is 18.2 Å². The summed E-state index contributed by atoms with van der Waals surface area (Å²) in [4.78, 5) is 12.9. The van der Waals surface area contributed by atoms with E-state index in [9.17, 15) is 18.3 Å². The molecular weight excluding hydrogens is 280 g/mol. The van der Waals surface area contributed by atoms with Gasteiger partial charge in [-0.3, -0.25) is 0 Å². The highest BCUT2D eigenvalue weighted by Gasteiger charge is 2.33. The van der Waals surface area contributed by atoms with E-state index in [-0.39, 0.29) is 4.90 Å². The maximum absolute atomic E-state index is 12.0. The number of rotatable bonds is 1. The second-order valence-corrected chi connectivity index (χ2v) is 6.54. The Balaban J connectivity index is 1.88. The van der Waals surface area contributed by atoms with Crippen molar-refractivity contribution in [3.8, 4) is 0 Å². The molecule has 0 bridgehead atoms. The van der Waals surface area contributed by atoms with Crippen molar-refractivity contribution in [3.05, 3.63) is 29.8 Å². The van der Waals surface area contributed by atoms with Crippen LogP contribution in [-0.2, 0) is 14.8 Å². The summed E-state index contributed by atoms with van der Waals surface area (Å²) in [5.41, 5.74) is 0.597. The van der Waals surface area contributed by atoms with Crippen molar-refractivity contribution in [2.24, 2.45) is 10.3 Å². The Morgan fingerprint density at radius 2 is 1.90 bits per heavy atom. The Labute approximate surface area is 116 Å². The van der Waals surface area contributed by atoms with E-state index in [0.29, 0.717) is 37.3 Å². The van der Waals surface area contributed by atoms with E-state index >= 15 is 0 Å². The molecule has 0 unspecified atom stereocenters. The highest BCUT2D eigenvalue weighted by atomic mass is 32.2. The number of carbonyl (C=O) groups is 1. The third kappa shape index (κ3) is 2.07. The molecule has 0 spiro atoms. The van der Waals surface area contributed by atoms with Crippen LogP contribution in [0.25, 0.3) is 0 Å². The van der Waals surface area contributed by atoms with Crippen LogP contribution in [0.5, 0.6) is 0 Å². The maximum Gasteiger partial charge on any atom is 0.285 e. The lowest BCUT2D eigenvalue weighted by Gasteiger charge is -2.33. The fraction of sp³-hybridized carbons (Fsp3) is 0.385. The number of carbonyl (C=O) groups excluding carboxylic acids is 1. The van der Waals surface area contributed by atoms with Crippen molar-refractivity contribution < 1.29 is 18.3 Å². The molecule has 106 valence electrons. The molecule has 3 rings (SSSR count). The molecule has 0 amide bonds. The number of carboxylic acid groups (broad SMARTS) is 1. The number of sulfonamides is 1. The van der Waals surface area contributed by atoms with Crippen molar-refractivity contribution >= 4 is 21.8 Å². The monoisotopic (exact) mass is 293 g/mol. The zero-order valence-corrected chi connectivity index (χ0v) is 11.5. The van der Waals surface area contributed by atoms with Crippen LogP contribution >= 0.6 is 0 Å². The molecule has 0 radical (unpaired) electrons. The van der Waals surface area contributed by atoms with Crippen LogP contribution in [0.1, 0.15) is 18.4 Å². The summed E-state index contributed by atoms with van der Waals surface area (Å²) in [6.45, 7) is 0.947. The zero-order valence-electron chi connectivity index (χ0n) is 10.7. The number of hydrogen-bond donors (Lipinski definition) is 0. The summed E-state index contributed by atoms with van der Waals surface area (Å²) in [5.74, 6) is -1.07. The first kappa shape index (κ1) is 13.1. The van der Waals surface area contributed by atoms with Gasteiger partial charge >= 0.3 is 0 Å². The second kappa shape index (κ2) is 4.59. The standard InChI is InChI=1S/C13H14N2O4S/c16-13(17)9-5-7-15(8-6-9)12-10-3-1-2-4-11(10)20(18,19)14-12/h1-4,9H,5-8H2,(H,16,17)/p-1. The predicted octanol–water partition coefficient (Wildman–Crippen LogP) is -0.403. The number of amidine groups is 1. The molecule has 1 aromatic rings. The SMILES string of the molecule is O=C([O-])C1CCN(C2=NS(=O)(=O)c3ccccc32)CC1. The van der Waals surface area contributed by atoms with Gasteiger partial charge in [-0.15, -0.1) is 4.40 Å². The van der Waals surface area contributed by atoms with Crippen molar-refractivity contribution in [3.63, 3.8) is 0 Å². The molecule has 0 saturated carbocycles. The van der Waals surface area contributed by atoms with Gasteiger partial charge in [0.2, 0.25) is 0 Å². The van der Waals surface area contributed by atoms with Gasteiger partial charge < -0.3 is 14.8 Å². The van der Waals surface area contributed by atoms with Crippen molar-refractivity contribution in [1.82, 2.24) is 4.90 Å². The number of likely N-dealkylation sites (tertiary alicyclic amines) is 1. The molecule has 20 heavy (non-hydrogen) atoms. The number of piperidine rings is 1. The van der Waals surface area contributed by atoms with Gasteiger partial charge in [0.1, 0.15) is 4.90 Å². The second-order valence-electron chi connectivity index (χ2n) is 4.97. The Morgan fingerprint density at radius 1 is 1.25 bits per heavy atom. The zero-order chi connectivity index (χ0) is 14.3. The van der Waals surface area contributed by atoms with E-state index in [4.69, 9.17) is 0 Å². The van der Waals surface area contributed by atoms with Crippen LogP contribution in [0.4, 0.5) is 0 Å². The molecule has 2 heterocycles. The van der Waals surface area contributed by atoms with Crippen LogP contribution in [0.15, 0.2) is 33.6 Å². The summed E-state index contributed by atoms with van der Waals surface area (Å²) in [5, 5.41) is 10.8. The normalized spacial score (nSPS) is 21.4. The Kier molecular flexibility index (Phi) is 3.01. The van der Waals surface area contributed by atoms with Crippen LogP contribution in [0.3, 0.4) is 0 Å². The van der Waals surface area contributed by atoms with Gasteiger partial charge in [0.25, 0.3) is 10.0 Å². The minimum atomic E-state index is -3.62. The molecule has 2 aliphatic rings. The average Bonchev–Trinajstić information content (AvgIpc) is 2.72. The van der Waals surface area contributed by atoms with Gasteiger partial charge in [-0.05, 0) is 25.0 Å². The van der Waals surface area contributed by atoms with Gasteiger partial charge in [-0.25, -0.2) is 0 Å². The summed E-state index contributed by atoms with van der Waals surface area (Å²) in [6, 6.07) is 6.69. The summed E-state index contributed by atoms with van der Waals surface area (Å²) in [7, 11) is -3.62. The van der Waals surface area contributed by atoms with E-state index in [1.165, 1.54) is 6.07 Å². The van der Waals surface area contributed by atoms with E-state index in [0.717, 1.165) is 0 Å². The number of fused-ring (bicyclic) bond motifs is 1. The quantitative estimate of drug-likeness (QED) is 0.702. The fourth-order valence-electron chi connectivity index (χ4n) is 2.64. The lowest BCUT2D eigenvalue weighted by molar-refractivity contribution is -0.312. The van der Waals surface area contributed by atoms with Crippen LogP contribution in [0, 0.1) is 5.92 Å². The number of carboxylic acids is 1. The molecule has 1 aromatic carbocycles. The summed E-state index contributed by atoms with van der Waals surface area (Å²) >= 11 is 0. The van der Waals surface area contributed by atoms with Crippen molar-refractivity contribution in [2.75, 3.05) is 13.1 Å². The molecule has 2 aliphatic heterocycles. The van der Waals surface area contributed by atoms with Gasteiger partial charge in [0.15, 0.2) is 5.84 Å². The topological polar surface area (TPSA) is 89.9 Å². The number of hydrogen-bond acceptors (Lipinski definition) is 5. The number of benzene rings is 1.